The molecule has 0 spiro atoms. The van der Waals surface area contributed by atoms with Crippen molar-refractivity contribution in [2.45, 2.75) is 19.9 Å². The Morgan fingerprint density at radius 2 is 2.11 bits per heavy atom. The zero-order valence-corrected chi connectivity index (χ0v) is 10.8. The van der Waals surface area contributed by atoms with Crippen molar-refractivity contribution in [3.63, 3.8) is 0 Å². The molecule has 19 heavy (non-hydrogen) atoms. The highest BCUT2D eigenvalue weighted by molar-refractivity contribution is 5.87. The summed E-state index contributed by atoms with van der Waals surface area (Å²) >= 11 is 0. The molecule has 100 valence electrons. The summed E-state index contributed by atoms with van der Waals surface area (Å²) < 4.78 is 20.0. The van der Waals surface area contributed by atoms with Crippen LogP contribution < -0.4 is 0 Å². The van der Waals surface area contributed by atoms with Crippen molar-refractivity contribution in [3.05, 3.63) is 53.9 Å². The molecule has 0 N–H and O–H groups in total. The van der Waals surface area contributed by atoms with Crippen molar-refractivity contribution in [2.24, 2.45) is 0 Å². The lowest BCUT2D eigenvalue weighted by Crippen LogP contribution is -2.16. The summed E-state index contributed by atoms with van der Waals surface area (Å²) in [6.45, 7) is 3.75. The number of carbonyl (C=O) groups is 1. The predicted molar refractivity (Wildman–Crippen MR) is 68.4 cm³/mol. The fourth-order valence-corrected chi connectivity index (χ4v) is 1.91. The van der Waals surface area contributed by atoms with E-state index in [-0.39, 0.29) is 18.3 Å². The summed E-state index contributed by atoms with van der Waals surface area (Å²) in [6.07, 6.45) is 1.32. The Labute approximate surface area is 110 Å². The fourth-order valence-electron chi connectivity index (χ4n) is 1.91. The number of esters is 1. The monoisotopic (exact) mass is 262 g/mol. The number of carbonyl (C=O) groups excluding carboxylic acids is 1. The SMILES string of the molecule is CCOC(=O)c1c(F)ncn1[C@@H](C)c1ccccc1. The normalized spacial score (nSPS) is 12.2. The largest absolute Gasteiger partial charge is 0.461 e. The van der Waals surface area contributed by atoms with E-state index in [0.717, 1.165) is 5.56 Å². The molecule has 1 aromatic heterocycles. The number of halogens is 1. The third-order valence-electron chi connectivity index (χ3n) is 2.92. The molecule has 0 aliphatic heterocycles. The van der Waals surface area contributed by atoms with Gasteiger partial charge in [-0.2, -0.15) is 4.39 Å². The van der Waals surface area contributed by atoms with Gasteiger partial charge in [-0.3, -0.25) is 0 Å². The highest BCUT2D eigenvalue weighted by Crippen LogP contribution is 2.21. The number of benzene rings is 1. The summed E-state index contributed by atoms with van der Waals surface area (Å²) in [4.78, 5) is 15.3. The second-order valence-corrected chi connectivity index (χ2v) is 4.10. The highest BCUT2D eigenvalue weighted by atomic mass is 19.1. The first-order valence-electron chi connectivity index (χ1n) is 6.09. The van der Waals surface area contributed by atoms with Gasteiger partial charge in [-0.05, 0) is 19.4 Å². The van der Waals surface area contributed by atoms with E-state index < -0.39 is 11.9 Å². The molecule has 0 fully saturated rings. The fraction of sp³-hybridized carbons (Fsp3) is 0.286. The molecule has 2 rings (SSSR count). The zero-order chi connectivity index (χ0) is 13.8. The Hall–Kier alpha value is -2.17. The van der Waals surface area contributed by atoms with E-state index in [2.05, 4.69) is 4.98 Å². The van der Waals surface area contributed by atoms with Crippen molar-refractivity contribution >= 4 is 5.97 Å². The van der Waals surface area contributed by atoms with Gasteiger partial charge in [0.25, 0.3) is 0 Å². The second-order valence-electron chi connectivity index (χ2n) is 4.10. The maximum atomic E-state index is 13.6. The first kappa shape index (κ1) is 13.3. The minimum Gasteiger partial charge on any atom is -0.461 e. The maximum Gasteiger partial charge on any atom is 0.359 e. The maximum absolute atomic E-state index is 13.6. The molecule has 1 aromatic carbocycles. The Morgan fingerprint density at radius 1 is 1.42 bits per heavy atom. The molecule has 0 radical (unpaired) electrons. The molecule has 0 bridgehead atoms. The number of aromatic nitrogens is 2. The van der Waals surface area contributed by atoms with Crippen molar-refractivity contribution in [2.75, 3.05) is 6.61 Å². The molecule has 0 saturated carbocycles. The van der Waals surface area contributed by atoms with Crippen molar-refractivity contribution in [3.8, 4) is 0 Å². The summed E-state index contributed by atoms with van der Waals surface area (Å²) in [7, 11) is 0. The topological polar surface area (TPSA) is 44.1 Å². The lowest BCUT2D eigenvalue weighted by molar-refractivity contribution is 0.0506. The smallest absolute Gasteiger partial charge is 0.359 e. The lowest BCUT2D eigenvalue weighted by Gasteiger charge is -2.16. The molecule has 0 aliphatic rings. The van der Waals surface area contributed by atoms with Gasteiger partial charge < -0.3 is 9.30 Å². The number of hydrogen-bond acceptors (Lipinski definition) is 3. The Bertz CT molecular complexity index is 566. The van der Waals surface area contributed by atoms with Gasteiger partial charge in [0.05, 0.1) is 19.0 Å². The van der Waals surface area contributed by atoms with Crippen LogP contribution in [0, 0.1) is 5.95 Å². The number of ether oxygens (including phenoxy) is 1. The Morgan fingerprint density at radius 3 is 2.74 bits per heavy atom. The van der Waals surface area contributed by atoms with Gasteiger partial charge in [0.2, 0.25) is 5.95 Å². The summed E-state index contributed by atoms with van der Waals surface area (Å²) in [5, 5.41) is 0. The third kappa shape index (κ3) is 2.65. The molecule has 2 aromatic rings. The van der Waals surface area contributed by atoms with Crippen molar-refractivity contribution in [1.82, 2.24) is 9.55 Å². The minimum absolute atomic E-state index is 0.141. The van der Waals surface area contributed by atoms with E-state index in [1.165, 1.54) is 10.9 Å². The van der Waals surface area contributed by atoms with Crippen LogP contribution in [0.3, 0.4) is 0 Å². The van der Waals surface area contributed by atoms with E-state index >= 15 is 0 Å². The van der Waals surface area contributed by atoms with Crippen molar-refractivity contribution in [1.29, 1.82) is 0 Å². The number of hydrogen-bond donors (Lipinski definition) is 0. The Balaban J connectivity index is 2.38. The molecule has 4 nitrogen and oxygen atoms in total. The third-order valence-corrected chi connectivity index (χ3v) is 2.92. The molecule has 0 aliphatic carbocycles. The minimum atomic E-state index is -0.804. The molecule has 1 heterocycles. The van der Waals surface area contributed by atoms with Gasteiger partial charge in [-0.1, -0.05) is 30.3 Å². The van der Waals surface area contributed by atoms with Gasteiger partial charge in [-0.25, -0.2) is 9.78 Å². The summed E-state index contributed by atoms with van der Waals surface area (Å²) in [5.41, 5.74) is 0.823. The summed E-state index contributed by atoms with van der Waals surface area (Å²) in [5.74, 6) is -1.50. The van der Waals surface area contributed by atoms with Crippen LogP contribution in [-0.4, -0.2) is 22.1 Å². The van der Waals surface area contributed by atoms with Crippen molar-refractivity contribution < 1.29 is 13.9 Å². The van der Waals surface area contributed by atoms with E-state index in [4.69, 9.17) is 4.74 Å². The molecule has 5 heteroatoms. The number of imidazole rings is 1. The number of nitrogens with zero attached hydrogens (tertiary/aromatic N) is 2. The van der Waals surface area contributed by atoms with Gasteiger partial charge in [-0.15, -0.1) is 0 Å². The van der Waals surface area contributed by atoms with Gasteiger partial charge in [0, 0.05) is 0 Å². The van der Waals surface area contributed by atoms with Crippen LogP contribution in [0.1, 0.15) is 35.9 Å². The van der Waals surface area contributed by atoms with Gasteiger partial charge in [0.15, 0.2) is 5.69 Å². The van der Waals surface area contributed by atoms with Crippen LogP contribution in [0.15, 0.2) is 36.7 Å². The van der Waals surface area contributed by atoms with E-state index in [9.17, 15) is 9.18 Å². The standard InChI is InChI=1S/C14H15FN2O2/c1-3-19-14(18)12-13(15)16-9-17(12)10(2)11-7-5-4-6-8-11/h4-10H,3H2,1-2H3/t10-/m0/s1. The first-order valence-corrected chi connectivity index (χ1v) is 6.09. The Kier molecular flexibility index (Phi) is 3.94. The summed E-state index contributed by atoms with van der Waals surface area (Å²) in [6, 6.07) is 9.32. The molecule has 0 unspecified atom stereocenters. The molecule has 1 atom stereocenters. The average Bonchev–Trinajstić information content (AvgIpc) is 2.81. The quantitative estimate of drug-likeness (QED) is 0.796. The molecule has 0 amide bonds. The van der Waals surface area contributed by atoms with E-state index in [1.807, 2.05) is 37.3 Å². The second kappa shape index (κ2) is 5.65. The van der Waals surface area contributed by atoms with E-state index in [0.29, 0.717) is 0 Å². The van der Waals surface area contributed by atoms with Gasteiger partial charge in [0.1, 0.15) is 0 Å². The molecular formula is C14H15FN2O2. The van der Waals surface area contributed by atoms with Crippen LogP contribution in [0.4, 0.5) is 4.39 Å². The van der Waals surface area contributed by atoms with Crippen LogP contribution in [0.25, 0.3) is 0 Å². The predicted octanol–water partition coefficient (Wildman–Crippen LogP) is 2.81. The average molecular weight is 262 g/mol. The highest BCUT2D eigenvalue weighted by Gasteiger charge is 2.23. The first-order chi connectivity index (χ1) is 9.15. The lowest BCUT2D eigenvalue weighted by atomic mass is 10.1. The van der Waals surface area contributed by atoms with Crippen LogP contribution in [0.5, 0.6) is 0 Å². The van der Waals surface area contributed by atoms with E-state index in [1.54, 1.807) is 6.92 Å². The molecular weight excluding hydrogens is 247 g/mol. The number of rotatable bonds is 4. The molecule has 0 saturated heterocycles. The zero-order valence-electron chi connectivity index (χ0n) is 10.8. The van der Waals surface area contributed by atoms with Crippen LogP contribution >= 0.6 is 0 Å². The van der Waals surface area contributed by atoms with Gasteiger partial charge >= 0.3 is 5.97 Å². The van der Waals surface area contributed by atoms with Crippen LogP contribution in [0.2, 0.25) is 0 Å². The van der Waals surface area contributed by atoms with Crippen LogP contribution in [-0.2, 0) is 4.74 Å².